The van der Waals surface area contributed by atoms with E-state index in [9.17, 15) is 8.42 Å². The second-order valence-electron chi connectivity index (χ2n) is 4.92. The van der Waals surface area contributed by atoms with Crippen molar-refractivity contribution >= 4 is 10.0 Å². The lowest BCUT2D eigenvalue weighted by Crippen LogP contribution is -2.43. The first-order chi connectivity index (χ1) is 7.87. The molecule has 0 saturated heterocycles. The Morgan fingerprint density at radius 3 is 2.53 bits per heavy atom. The van der Waals surface area contributed by atoms with E-state index in [2.05, 4.69) is 11.9 Å². The highest BCUT2D eigenvalue weighted by atomic mass is 32.2. The quantitative estimate of drug-likeness (QED) is 0.670. The van der Waals surface area contributed by atoms with Crippen LogP contribution in [0.2, 0.25) is 0 Å². The highest BCUT2D eigenvalue weighted by Crippen LogP contribution is 2.19. The number of sulfonamides is 1. The van der Waals surface area contributed by atoms with Crippen LogP contribution in [-0.2, 0) is 10.0 Å². The Hall–Kier alpha value is -0.390. The second kappa shape index (κ2) is 5.98. The van der Waals surface area contributed by atoms with E-state index in [1.165, 1.54) is 17.1 Å². The molecular weight excluding hydrogens is 236 g/mol. The van der Waals surface area contributed by atoms with Gasteiger partial charge in [0.25, 0.3) is 0 Å². The topological polar surface area (TPSA) is 49.4 Å². The summed E-state index contributed by atoms with van der Waals surface area (Å²) >= 11 is 0. The van der Waals surface area contributed by atoms with Crippen LogP contribution in [0.15, 0.2) is 12.2 Å². The van der Waals surface area contributed by atoms with Gasteiger partial charge in [-0.3, -0.25) is 0 Å². The summed E-state index contributed by atoms with van der Waals surface area (Å²) in [5.74, 6) is 0. The Bertz CT molecular complexity index is 361. The lowest BCUT2D eigenvalue weighted by molar-refractivity contribution is 0.441. The van der Waals surface area contributed by atoms with E-state index in [4.69, 9.17) is 0 Å². The number of rotatable bonds is 8. The summed E-state index contributed by atoms with van der Waals surface area (Å²) in [6, 6.07) is 0.545. The maximum atomic E-state index is 12.3. The molecule has 1 aliphatic rings. The van der Waals surface area contributed by atoms with E-state index >= 15 is 0 Å². The van der Waals surface area contributed by atoms with Crippen LogP contribution in [-0.4, -0.2) is 43.6 Å². The molecule has 100 valence electrons. The third-order valence-electron chi connectivity index (χ3n) is 2.94. The van der Waals surface area contributed by atoms with Gasteiger partial charge in [-0.15, -0.1) is 0 Å². The molecular formula is C12H24N2O2S. The Morgan fingerprint density at radius 2 is 2.12 bits per heavy atom. The van der Waals surface area contributed by atoms with Crippen LogP contribution in [0.25, 0.3) is 0 Å². The molecule has 0 radical (unpaired) electrons. The predicted molar refractivity (Wildman–Crippen MR) is 71.5 cm³/mol. The van der Waals surface area contributed by atoms with Gasteiger partial charge in [0.1, 0.15) is 0 Å². The Balaban J connectivity index is 2.58. The zero-order chi connectivity index (χ0) is 13.1. The van der Waals surface area contributed by atoms with Crippen molar-refractivity contribution in [1.29, 1.82) is 0 Å². The van der Waals surface area contributed by atoms with Crippen LogP contribution in [0.5, 0.6) is 0 Å². The molecule has 0 amide bonds. The summed E-state index contributed by atoms with van der Waals surface area (Å²) in [4.78, 5) is 0. The predicted octanol–water partition coefficient (Wildman–Crippen LogP) is 1.35. The van der Waals surface area contributed by atoms with Gasteiger partial charge in [-0.2, -0.15) is 4.31 Å². The van der Waals surface area contributed by atoms with E-state index in [0.29, 0.717) is 25.7 Å². The van der Waals surface area contributed by atoms with Crippen LogP contribution in [0, 0.1) is 0 Å². The summed E-state index contributed by atoms with van der Waals surface area (Å²) in [6.45, 7) is 10.7. The van der Waals surface area contributed by atoms with Crippen molar-refractivity contribution in [3.8, 4) is 0 Å². The maximum absolute atomic E-state index is 12.3. The summed E-state index contributed by atoms with van der Waals surface area (Å²) in [6.07, 6.45) is 2.35. The van der Waals surface area contributed by atoms with Gasteiger partial charge in [0.2, 0.25) is 10.0 Å². The Labute approximate surface area is 105 Å². The molecule has 17 heavy (non-hydrogen) atoms. The third-order valence-corrected chi connectivity index (χ3v) is 5.23. The highest BCUT2D eigenvalue weighted by Gasteiger charge is 2.29. The average Bonchev–Trinajstić information content (AvgIpc) is 3.05. The van der Waals surface area contributed by atoms with Gasteiger partial charge in [-0.25, -0.2) is 8.42 Å². The van der Waals surface area contributed by atoms with E-state index in [-0.39, 0.29) is 5.25 Å². The smallest absolute Gasteiger partial charge is 0.218 e. The average molecular weight is 260 g/mol. The molecule has 1 fully saturated rings. The van der Waals surface area contributed by atoms with Crippen LogP contribution in [0.4, 0.5) is 0 Å². The number of likely N-dealkylation sites (N-methyl/N-ethyl adjacent to an activating group) is 1. The summed E-state index contributed by atoms with van der Waals surface area (Å²) in [5.41, 5.74) is 0.873. The fraction of sp³-hybridized carbons (Fsp3) is 0.833. The summed E-state index contributed by atoms with van der Waals surface area (Å²) < 4.78 is 26.1. The molecule has 1 atom stereocenters. The minimum Gasteiger partial charge on any atom is -0.313 e. The zero-order valence-electron chi connectivity index (χ0n) is 11.1. The molecule has 1 aliphatic carbocycles. The van der Waals surface area contributed by atoms with Crippen molar-refractivity contribution in [3.63, 3.8) is 0 Å². The van der Waals surface area contributed by atoms with Gasteiger partial charge >= 0.3 is 0 Å². The SMILES string of the molecule is C=C(C)CN(CC)S(=O)(=O)C(C)CNC1CC1. The van der Waals surface area contributed by atoms with Gasteiger partial charge in [-0.05, 0) is 26.7 Å². The molecule has 0 aromatic carbocycles. The molecule has 0 aromatic rings. The molecule has 0 aromatic heterocycles. The van der Waals surface area contributed by atoms with Crippen molar-refractivity contribution in [2.45, 2.75) is 44.9 Å². The van der Waals surface area contributed by atoms with Crippen LogP contribution >= 0.6 is 0 Å². The molecule has 5 heteroatoms. The van der Waals surface area contributed by atoms with Crippen LogP contribution in [0.3, 0.4) is 0 Å². The van der Waals surface area contributed by atoms with E-state index < -0.39 is 10.0 Å². The minimum atomic E-state index is -3.20. The fourth-order valence-corrected chi connectivity index (χ4v) is 3.24. The Kier molecular flexibility index (Phi) is 5.16. The first-order valence-corrected chi connectivity index (χ1v) is 7.75. The Morgan fingerprint density at radius 1 is 1.53 bits per heavy atom. The number of nitrogens with zero attached hydrogens (tertiary/aromatic N) is 1. The molecule has 0 spiro atoms. The van der Waals surface area contributed by atoms with E-state index in [1.54, 1.807) is 6.92 Å². The number of nitrogens with one attached hydrogen (secondary N) is 1. The lowest BCUT2D eigenvalue weighted by atomic mass is 10.3. The molecule has 1 unspecified atom stereocenters. The van der Waals surface area contributed by atoms with Gasteiger partial charge < -0.3 is 5.32 Å². The van der Waals surface area contributed by atoms with Crippen LogP contribution in [0.1, 0.15) is 33.6 Å². The molecule has 1 N–H and O–H groups in total. The van der Waals surface area contributed by atoms with Crippen LogP contribution < -0.4 is 5.32 Å². The molecule has 1 rings (SSSR count). The van der Waals surface area contributed by atoms with Crippen molar-refractivity contribution in [2.24, 2.45) is 0 Å². The van der Waals surface area contributed by atoms with Gasteiger partial charge in [-0.1, -0.05) is 19.1 Å². The third kappa shape index (κ3) is 4.41. The highest BCUT2D eigenvalue weighted by molar-refractivity contribution is 7.89. The number of hydrogen-bond acceptors (Lipinski definition) is 3. The zero-order valence-corrected chi connectivity index (χ0v) is 11.9. The largest absolute Gasteiger partial charge is 0.313 e. The molecule has 1 saturated carbocycles. The molecule has 0 aliphatic heterocycles. The fourth-order valence-electron chi connectivity index (χ4n) is 1.66. The van der Waals surface area contributed by atoms with Crippen molar-refractivity contribution in [3.05, 3.63) is 12.2 Å². The molecule has 4 nitrogen and oxygen atoms in total. The minimum absolute atomic E-state index is 0.373. The van der Waals surface area contributed by atoms with Crippen molar-refractivity contribution in [1.82, 2.24) is 9.62 Å². The monoisotopic (exact) mass is 260 g/mol. The summed E-state index contributed by atoms with van der Waals surface area (Å²) in [7, 11) is -3.20. The first-order valence-electron chi connectivity index (χ1n) is 6.24. The lowest BCUT2D eigenvalue weighted by Gasteiger charge is -2.24. The normalized spacial score (nSPS) is 18.4. The van der Waals surface area contributed by atoms with Crippen molar-refractivity contribution < 1.29 is 8.42 Å². The van der Waals surface area contributed by atoms with Gasteiger partial charge in [0.15, 0.2) is 0 Å². The van der Waals surface area contributed by atoms with Gasteiger partial charge in [0, 0.05) is 25.7 Å². The first kappa shape index (κ1) is 14.7. The second-order valence-corrected chi connectivity index (χ2v) is 7.27. The molecule has 0 bridgehead atoms. The van der Waals surface area contributed by atoms with E-state index in [1.807, 2.05) is 13.8 Å². The molecule has 0 heterocycles. The van der Waals surface area contributed by atoms with E-state index in [0.717, 1.165) is 5.57 Å². The maximum Gasteiger partial charge on any atom is 0.218 e. The standard InChI is InChI=1S/C12H24N2O2S/c1-5-14(9-10(2)3)17(15,16)11(4)8-13-12-6-7-12/h11-13H,2,5-9H2,1,3-4H3. The number of hydrogen-bond donors (Lipinski definition) is 1. The summed E-state index contributed by atoms with van der Waals surface area (Å²) in [5, 5.41) is 2.89. The van der Waals surface area contributed by atoms with Gasteiger partial charge in [0.05, 0.1) is 5.25 Å². The van der Waals surface area contributed by atoms with Crippen molar-refractivity contribution in [2.75, 3.05) is 19.6 Å².